The number of hydrogen-bond donors (Lipinski definition) is 1. The largest absolute Gasteiger partial charge is 0.479 e. The van der Waals surface area contributed by atoms with Crippen molar-refractivity contribution in [2.45, 2.75) is 33.3 Å². The third-order valence-corrected chi connectivity index (χ3v) is 3.36. The maximum atomic E-state index is 12.9. The molecule has 1 aliphatic rings. The molecule has 3 nitrogen and oxygen atoms in total. The van der Waals surface area contributed by atoms with Crippen molar-refractivity contribution in [3.05, 3.63) is 33.9 Å². The Kier molecular flexibility index (Phi) is 3.30. The molecule has 1 atom stereocenters. The van der Waals surface area contributed by atoms with Crippen LogP contribution in [-0.2, 0) is 4.79 Å². The Morgan fingerprint density at radius 2 is 1.95 bits per heavy atom. The van der Waals surface area contributed by atoms with E-state index in [1.165, 1.54) is 6.08 Å². The van der Waals surface area contributed by atoms with Crippen LogP contribution in [0, 0.1) is 20.8 Å². The van der Waals surface area contributed by atoms with Crippen LogP contribution in [0.4, 0.5) is 8.78 Å². The standard InChI is InChI=1S/C14H14F2O3/c1-6-4-7(2)11-9(8(6)3)5-10(14(17)18)12(19-11)13(15)16/h4-5,12-13H,1-3H3,(H,17,18). The minimum absolute atomic E-state index is 0.346. The minimum Gasteiger partial charge on any atom is -0.479 e. The van der Waals surface area contributed by atoms with E-state index in [-0.39, 0.29) is 0 Å². The highest BCUT2D eigenvalue weighted by atomic mass is 19.3. The summed E-state index contributed by atoms with van der Waals surface area (Å²) in [6, 6.07) is 1.84. The first-order valence-corrected chi connectivity index (χ1v) is 5.83. The van der Waals surface area contributed by atoms with Crippen LogP contribution in [0.3, 0.4) is 0 Å². The number of rotatable bonds is 2. The monoisotopic (exact) mass is 268 g/mol. The van der Waals surface area contributed by atoms with Gasteiger partial charge in [0, 0.05) is 5.56 Å². The average molecular weight is 268 g/mol. The Hall–Kier alpha value is -1.91. The number of ether oxygens (including phenoxy) is 1. The Labute approximate surface area is 109 Å². The van der Waals surface area contributed by atoms with Crippen molar-refractivity contribution >= 4 is 12.0 Å². The fourth-order valence-electron chi connectivity index (χ4n) is 2.22. The first-order valence-electron chi connectivity index (χ1n) is 5.83. The van der Waals surface area contributed by atoms with Gasteiger partial charge in [-0.15, -0.1) is 0 Å². The lowest BCUT2D eigenvalue weighted by Crippen LogP contribution is -2.34. The predicted molar refractivity (Wildman–Crippen MR) is 66.7 cm³/mol. The molecule has 0 radical (unpaired) electrons. The van der Waals surface area contributed by atoms with Crippen LogP contribution in [0.2, 0.25) is 0 Å². The maximum Gasteiger partial charge on any atom is 0.335 e. The summed E-state index contributed by atoms with van der Waals surface area (Å²) in [5, 5.41) is 9.03. The number of fused-ring (bicyclic) bond motifs is 1. The van der Waals surface area contributed by atoms with Crippen molar-refractivity contribution in [2.24, 2.45) is 0 Å². The number of halogens is 2. The van der Waals surface area contributed by atoms with Gasteiger partial charge in [-0.1, -0.05) is 6.07 Å². The summed E-state index contributed by atoms with van der Waals surface area (Å²) in [7, 11) is 0. The summed E-state index contributed by atoms with van der Waals surface area (Å²) >= 11 is 0. The van der Waals surface area contributed by atoms with Gasteiger partial charge in [-0.3, -0.25) is 0 Å². The van der Waals surface area contributed by atoms with Gasteiger partial charge < -0.3 is 9.84 Å². The fourth-order valence-corrected chi connectivity index (χ4v) is 2.22. The highest BCUT2D eigenvalue weighted by Gasteiger charge is 2.35. The second-order valence-electron chi connectivity index (χ2n) is 4.66. The second-order valence-corrected chi connectivity index (χ2v) is 4.66. The van der Waals surface area contributed by atoms with Crippen LogP contribution < -0.4 is 4.74 Å². The van der Waals surface area contributed by atoms with Crippen molar-refractivity contribution < 1.29 is 23.4 Å². The van der Waals surface area contributed by atoms with E-state index in [1.807, 2.05) is 19.9 Å². The molecule has 19 heavy (non-hydrogen) atoms. The molecule has 1 aliphatic heterocycles. The van der Waals surface area contributed by atoms with Gasteiger partial charge in [0.15, 0.2) is 6.10 Å². The molecule has 1 N–H and O–H groups in total. The molecular weight excluding hydrogens is 254 g/mol. The first kappa shape index (κ1) is 13.5. The third-order valence-electron chi connectivity index (χ3n) is 3.36. The van der Waals surface area contributed by atoms with Gasteiger partial charge in [-0.2, -0.15) is 0 Å². The number of carbonyl (C=O) groups is 1. The zero-order valence-corrected chi connectivity index (χ0v) is 10.8. The molecule has 0 saturated heterocycles. The molecule has 0 spiro atoms. The molecule has 1 heterocycles. The van der Waals surface area contributed by atoms with E-state index < -0.39 is 24.1 Å². The normalized spacial score (nSPS) is 17.8. The number of aliphatic carboxylic acids is 1. The average Bonchev–Trinajstić information content (AvgIpc) is 2.34. The van der Waals surface area contributed by atoms with Gasteiger partial charge in [-0.05, 0) is 43.5 Å². The maximum absolute atomic E-state index is 12.9. The summed E-state index contributed by atoms with van der Waals surface area (Å²) in [4.78, 5) is 11.1. The SMILES string of the molecule is Cc1cc(C)c2c(c1C)C=C(C(=O)O)C(C(F)F)O2. The molecule has 0 aliphatic carbocycles. The van der Waals surface area contributed by atoms with E-state index in [0.717, 1.165) is 16.7 Å². The molecule has 5 heteroatoms. The molecular formula is C14H14F2O3. The smallest absolute Gasteiger partial charge is 0.335 e. The van der Waals surface area contributed by atoms with E-state index in [4.69, 9.17) is 9.84 Å². The van der Waals surface area contributed by atoms with Crippen molar-refractivity contribution in [3.8, 4) is 5.75 Å². The Morgan fingerprint density at radius 3 is 2.47 bits per heavy atom. The van der Waals surface area contributed by atoms with Gasteiger partial charge in [-0.25, -0.2) is 13.6 Å². The molecule has 0 aromatic heterocycles. The predicted octanol–water partition coefficient (Wildman–Crippen LogP) is 3.11. The van der Waals surface area contributed by atoms with Crippen molar-refractivity contribution in [1.29, 1.82) is 0 Å². The molecule has 0 fully saturated rings. The molecule has 102 valence electrons. The van der Waals surface area contributed by atoms with Crippen molar-refractivity contribution in [1.82, 2.24) is 0 Å². The lowest BCUT2D eigenvalue weighted by atomic mass is 9.93. The number of aryl methyl sites for hydroxylation is 2. The molecule has 1 aromatic carbocycles. The lowest BCUT2D eigenvalue weighted by Gasteiger charge is -2.27. The van der Waals surface area contributed by atoms with Crippen LogP contribution in [-0.4, -0.2) is 23.6 Å². The fraction of sp³-hybridized carbons (Fsp3) is 0.357. The molecule has 0 bridgehead atoms. The van der Waals surface area contributed by atoms with E-state index in [9.17, 15) is 13.6 Å². The number of alkyl halides is 2. The van der Waals surface area contributed by atoms with Crippen LogP contribution in [0.25, 0.3) is 6.08 Å². The van der Waals surface area contributed by atoms with E-state index in [2.05, 4.69) is 0 Å². The Bertz CT molecular complexity index is 577. The van der Waals surface area contributed by atoms with Crippen LogP contribution in [0.15, 0.2) is 11.6 Å². The van der Waals surface area contributed by atoms with Crippen LogP contribution in [0.5, 0.6) is 5.75 Å². The zero-order valence-electron chi connectivity index (χ0n) is 10.8. The van der Waals surface area contributed by atoms with Crippen LogP contribution >= 0.6 is 0 Å². The quantitative estimate of drug-likeness (QED) is 0.896. The van der Waals surface area contributed by atoms with E-state index >= 15 is 0 Å². The minimum atomic E-state index is -2.88. The van der Waals surface area contributed by atoms with E-state index in [0.29, 0.717) is 11.3 Å². The number of carboxylic acid groups (broad SMARTS) is 1. The van der Waals surface area contributed by atoms with Gasteiger partial charge >= 0.3 is 5.97 Å². The summed E-state index contributed by atoms with van der Waals surface area (Å²) in [5.74, 6) is -1.03. The number of carboxylic acids is 1. The highest BCUT2D eigenvalue weighted by Crippen LogP contribution is 2.37. The molecule has 0 saturated carbocycles. The van der Waals surface area contributed by atoms with Gasteiger partial charge in [0.05, 0.1) is 5.57 Å². The first-order chi connectivity index (χ1) is 8.82. The zero-order chi connectivity index (χ0) is 14.3. The summed E-state index contributed by atoms with van der Waals surface area (Å²) in [5.41, 5.74) is 2.70. The summed E-state index contributed by atoms with van der Waals surface area (Å²) in [6.07, 6.45) is -3.30. The highest BCUT2D eigenvalue weighted by molar-refractivity contribution is 5.95. The third kappa shape index (κ3) is 2.20. The summed E-state index contributed by atoms with van der Waals surface area (Å²) in [6.45, 7) is 5.46. The Balaban J connectivity index is 2.67. The van der Waals surface area contributed by atoms with Crippen molar-refractivity contribution in [3.63, 3.8) is 0 Å². The van der Waals surface area contributed by atoms with Crippen LogP contribution in [0.1, 0.15) is 22.3 Å². The lowest BCUT2D eigenvalue weighted by molar-refractivity contribution is -0.134. The summed E-state index contributed by atoms with van der Waals surface area (Å²) < 4.78 is 31.0. The van der Waals surface area contributed by atoms with Gasteiger partial charge in [0.2, 0.25) is 0 Å². The number of hydrogen-bond acceptors (Lipinski definition) is 2. The van der Waals surface area contributed by atoms with Crippen molar-refractivity contribution in [2.75, 3.05) is 0 Å². The van der Waals surface area contributed by atoms with E-state index in [1.54, 1.807) is 6.92 Å². The second kappa shape index (κ2) is 4.64. The van der Waals surface area contributed by atoms with Gasteiger partial charge in [0.1, 0.15) is 5.75 Å². The topological polar surface area (TPSA) is 46.5 Å². The molecule has 0 amide bonds. The Morgan fingerprint density at radius 1 is 1.32 bits per heavy atom. The molecule has 2 rings (SSSR count). The van der Waals surface area contributed by atoms with Gasteiger partial charge in [0.25, 0.3) is 6.43 Å². The number of benzene rings is 1. The molecule has 1 unspecified atom stereocenters. The molecule has 1 aromatic rings.